The van der Waals surface area contributed by atoms with Gasteiger partial charge in [0, 0.05) is 0 Å². The third-order valence-corrected chi connectivity index (χ3v) is 8.00. The van der Waals surface area contributed by atoms with Crippen LogP contribution in [-0.4, -0.2) is 90.5 Å². The van der Waals surface area contributed by atoms with Crippen molar-refractivity contribution in [3.8, 4) is 0 Å². The average molecular weight is 633 g/mol. The van der Waals surface area contributed by atoms with Crippen LogP contribution in [0.2, 0.25) is 0 Å². The van der Waals surface area contributed by atoms with Gasteiger partial charge in [-0.3, -0.25) is 0 Å². The molecule has 5 rings (SSSR count). The summed E-state index contributed by atoms with van der Waals surface area (Å²) in [6.07, 6.45) is 0. The molecule has 4 aromatic carbocycles. The number of fused-ring (bicyclic) bond motifs is 2. The molecule has 1 aliphatic heterocycles. The predicted molar refractivity (Wildman–Crippen MR) is 179 cm³/mol. The van der Waals surface area contributed by atoms with Crippen molar-refractivity contribution in [2.24, 2.45) is 0 Å². The molecule has 0 saturated carbocycles. The molecular formula is C38H48O8. The monoisotopic (exact) mass is 632 g/mol. The normalized spacial score (nSPS) is 23.2. The van der Waals surface area contributed by atoms with Gasteiger partial charge in [0.05, 0.1) is 92.5 Å². The number of rotatable bonds is 8. The molecule has 0 amide bonds. The van der Waals surface area contributed by atoms with Crippen molar-refractivity contribution in [1.82, 2.24) is 0 Å². The molecule has 0 bridgehead atoms. The van der Waals surface area contributed by atoms with Crippen LogP contribution in [0.15, 0.2) is 84.9 Å². The molecule has 1 saturated heterocycles. The van der Waals surface area contributed by atoms with Gasteiger partial charge in [0.25, 0.3) is 0 Å². The smallest absolute Gasteiger partial charge is 0.112 e. The highest BCUT2D eigenvalue weighted by molar-refractivity contribution is 5.86. The minimum atomic E-state index is -0.640. The van der Waals surface area contributed by atoms with E-state index in [-0.39, 0.29) is 0 Å². The Balaban J connectivity index is 1.10. The number of ether oxygens (including phenoxy) is 8. The van der Waals surface area contributed by atoms with Gasteiger partial charge in [-0.1, -0.05) is 84.9 Å². The maximum Gasteiger partial charge on any atom is 0.112 e. The minimum absolute atomic E-state index is 0.378. The molecule has 8 nitrogen and oxygen atoms in total. The van der Waals surface area contributed by atoms with E-state index in [4.69, 9.17) is 37.9 Å². The van der Waals surface area contributed by atoms with Crippen molar-refractivity contribution < 1.29 is 37.9 Å². The molecule has 0 unspecified atom stereocenters. The highest BCUT2D eigenvalue weighted by Crippen LogP contribution is 2.22. The van der Waals surface area contributed by atoms with Gasteiger partial charge in [-0.2, -0.15) is 0 Å². The molecule has 0 N–H and O–H groups in total. The van der Waals surface area contributed by atoms with E-state index in [0.717, 1.165) is 11.1 Å². The van der Waals surface area contributed by atoms with E-state index >= 15 is 0 Å². The molecule has 4 aromatic rings. The Kier molecular flexibility index (Phi) is 13.4. The van der Waals surface area contributed by atoms with E-state index in [1.54, 1.807) is 0 Å². The number of hydrogen-bond donors (Lipinski definition) is 0. The summed E-state index contributed by atoms with van der Waals surface area (Å²) < 4.78 is 48.5. The summed E-state index contributed by atoms with van der Waals surface area (Å²) in [4.78, 5) is 0. The Morgan fingerprint density at radius 3 is 1.35 bits per heavy atom. The Labute approximate surface area is 272 Å². The fourth-order valence-electron chi connectivity index (χ4n) is 5.55. The Morgan fingerprint density at radius 2 is 0.870 bits per heavy atom. The van der Waals surface area contributed by atoms with Gasteiger partial charge in [-0.25, -0.2) is 0 Å². The zero-order valence-electron chi connectivity index (χ0n) is 27.2. The molecule has 46 heavy (non-hydrogen) atoms. The summed E-state index contributed by atoms with van der Waals surface area (Å²) in [5.74, 6) is 0. The summed E-state index contributed by atoms with van der Waals surface area (Å²) in [5, 5.41) is 4.79. The highest BCUT2D eigenvalue weighted by atomic mass is 16.6. The highest BCUT2D eigenvalue weighted by Gasteiger charge is 2.28. The van der Waals surface area contributed by atoms with Crippen LogP contribution in [0.25, 0.3) is 21.5 Å². The fraction of sp³-hybridized carbons (Fsp3) is 0.474. The molecule has 2 atom stereocenters. The first-order valence-corrected chi connectivity index (χ1v) is 16.2. The van der Waals surface area contributed by atoms with Crippen molar-refractivity contribution in [1.29, 1.82) is 0 Å². The molecule has 1 fully saturated rings. The lowest BCUT2D eigenvalue weighted by atomic mass is 10.1. The lowest BCUT2D eigenvalue weighted by molar-refractivity contribution is -0.154. The average Bonchev–Trinajstić information content (AvgIpc) is 3.07. The van der Waals surface area contributed by atoms with E-state index < -0.39 is 11.2 Å². The third-order valence-electron chi connectivity index (χ3n) is 8.00. The second kappa shape index (κ2) is 17.8. The molecule has 0 spiro atoms. The van der Waals surface area contributed by atoms with E-state index in [1.165, 1.54) is 21.5 Å². The van der Waals surface area contributed by atoms with Crippen LogP contribution in [0.3, 0.4) is 0 Å². The second-order valence-corrected chi connectivity index (χ2v) is 12.2. The Bertz CT molecular complexity index is 1360. The van der Waals surface area contributed by atoms with Gasteiger partial charge in [-0.05, 0) is 46.5 Å². The molecule has 8 heteroatoms. The molecule has 0 aliphatic carbocycles. The molecule has 248 valence electrons. The summed E-state index contributed by atoms with van der Waals surface area (Å²) in [6.45, 7) is 9.99. The lowest BCUT2D eigenvalue weighted by Crippen LogP contribution is -2.41. The number of benzene rings is 4. The molecule has 0 aromatic heterocycles. The molecule has 1 heterocycles. The van der Waals surface area contributed by atoms with E-state index in [9.17, 15) is 0 Å². The largest absolute Gasteiger partial charge is 0.377 e. The Hall–Kier alpha value is -2.92. The maximum absolute atomic E-state index is 6.27. The van der Waals surface area contributed by atoms with Crippen molar-refractivity contribution in [2.45, 2.75) is 38.3 Å². The van der Waals surface area contributed by atoms with Crippen LogP contribution in [0, 0.1) is 0 Å². The summed E-state index contributed by atoms with van der Waals surface area (Å²) in [5.41, 5.74) is 1.01. The van der Waals surface area contributed by atoms with Crippen molar-refractivity contribution in [3.63, 3.8) is 0 Å². The van der Waals surface area contributed by atoms with E-state index in [1.807, 2.05) is 26.0 Å². The second-order valence-electron chi connectivity index (χ2n) is 12.2. The van der Waals surface area contributed by atoms with Gasteiger partial charge < -0.3 is 37.9 Å². The zero-order valence-corrected chi connectivity index (χ0v) is 27.2. The van der Waals surface area contributed by atoms with E-state index in [0.29, 0.717) is 92.5 Å². The SMILES string of the molecule is C[C@@]1(COCc2cccc3ccccc23)COCCOCCOC[C@@](C)(COCc2cccc3ccccc23)OCCOCCO1. The summed E-state index contributed by atoms with van der Waals surface area (Å²) >= 11 is 0. The third kappa shape index (κ3) is 10.6. The predicted octanol–water partition coefficient (Wildman–Crippen LogP) is 6.36. The van der Waals surface area contributed by atoms with Crippen LogP contribution in [0.1, 0.15) is 25.0 Å². The first kappa shape index (κ1) is 34.4. The van der Waals surface area contributed by atoms with Crippen LogP contribution in [-0.2, 0) is 51.1 Å². The van der Waals surface area contributed by atoms with Crippen LogP contribution in [0.4, 0.5) is 0 Å². The van der Waals surface area contributed by atoms with Gasteiger partial charge in [0.2, 0.25) is 0 Å². The van der Waals surface area contributed by atoms with E-state index in [2.05, 4.69) is 72.8 Å². The lowest BCUT2D eigenvalue weighted by Gasteiger charge is -2.31. The molecule has 1 aliphatic rings. The van der Waals surface area contributed by atoms with Gasteiger partial charge in [-0.15, -0.1) is 0 Å². The van der Waals surface area contributed by atoms with Crippen LogP contribution < -0.4 is 0 Å². The van der Waals surface area contributed by atoms with Crippen LogP contribution >= 0.6 is 0 Å². The maximum atomic E-state index is 6.27. The first-order chi connectivity index (χ1) is 22.5. The topological polar surface area (TPSA) is 73.8 Å². The number of hydrogen-bond acceptors (Lipinski definition) is 8. The Morgan fingerprint density at radius 1 is 0.478 bits per heavy atom. The van der Waals surface area contributed by atoms with Crippen molar-refractivity contribution in [2.75, 3.05) is 79.3 Å². The summed E-state index contributed by atoms with van der Waals surface area (Å²) in [7, 11) is 0. The van der Waals surface area contributed by atoms with Crippen LogP contribution in [0.5, 0.6) is 0 Å². The van der Waals surface area contributed by atoms with Crippen molar-refractivity contribution in [3.05, 3.63) is 96.1 Å². The van der Waals surface area contributed by atoms with Gasteiger partial charge >= 0.3 is 0 Å². The minimum Gasteiger partial charge on any atom is -0.377 e. The quantitative estimate of drug-likeness (QED) is 0.222. The van der Waals surface area contributed by atoms with Gasteiger partial charge in [0.1, 0.15) is 11.2 Å². The zero-order chi connectivity index (χ0) is 31.9. The summed E-state index contributed by atoms with van der Waals surface area (Å²) in [6, 6.07) is 29.2. The van der Waals surface area contributed by atoms with Crippen molar-refractivity contribution >= 4 is 21.5 Å². The first-order valence-electron chi connectivity index (χ1n) is 16.2. The molecule has 0 radical (unpaired) electrons. The standard InChI is InChI=1S/C38H48O8/c1-37(29-43-25-33-13-7-11-31-9-3-5-15-35(31)33)27-41-19-17-39-18-20-42-28-38(2,46-24-22-40-21-23-45-37)30-44-26-34-14-8-12-32-10-4-6-16-36(32)34/h3-16H,17-30H2,1-2H3/t37-,38-/m0/s1. The fourth-order valence-corrected chi connectivity index (χ4v) is 5.55. The molecular weight excluding hydrogens is 584 g/mol. The van der Waals surface area contributed by atoms with Gasteiger partial charge in [0.15, 0.2) is 0 Å².